The van der Waals surface area contributed by atoms with Gasteiger partial charge in [0.1, 0.15) is 0 Å². The maximum absolute atomic E-state index is 12.8. The Bertz CT molecular complexity index is 169. The number of halogens is 2. The van der Waals surface area contributed by atoms with Gasteiger partial charge in [-0.1, -0.05) is 0 Å². The van der Waals surface area contributed by atoms with Crippen molar-refractivity contribution in [2.75, 3.05) is 0 Å². The number of epoxide rings is 1. The van der Waals surface area contributed by atoms with Crippen LogP contribution in [-0.2, 0) is 4.74 Å². The van der Waals surface area contributed by atoms with Gasteiger partial charge in [-0.2, -0.15) is 0 Å². The summed E-state index contributed by atoms with van der Waals surface area (Å²) >= 11 is 0. The average molecular weight is 148 g/mol. The van der Waals surface area contributed by atoms with Crippen molar-refractivity contribution in [3.63, 3.8) is 0 Å². The molecule has 2 rings (SSSR count). The summed E-state index contributed by atoms with van der Waals surface area (Å²) in [5.41, 5.74) is -0.470. The van der Waals surface area contributed by atoms with Gasteiger partial charge in [-0.25, -0.2) is 8.78 Å². The molecular formula is C7H10F2O. The minimum atomic E-state index is -2.55. The molecule has 1 aliphatic heterocycles. The first-order valence-corrected chi connectivity index (χ1v) is 3.60. The van der Waals surface area contributed by atoms with E-state index in [-0.39, 0.29) is 6.42 Å². The Hall–Kier alpha value is -0.180. The van der Waals surface area contributed by atoms with Crippen molar-refractivity contribution >= 4 is 0 Å². The quantitative estimate of drug-likeness (QED) is 0.478. The topological polar surface area (TPSA) is 12.5 Å². The van der Waals surface area contributed by atoms with Crippen LogP contribution in [0, 0.1) is 0 Å². The molecule has 3 heteroatoms. The van der Waals surface area contributed by atoms with Gasteiger partial charge in [0.15, 0.2) is 6.10 Å². The monoisotopic (exact) mass is 148 g/mol. The smallest absolute Gasteiger partial charge is 0.276 e. The summed E-state index contributed by atoms with van der Waals surface area (Å²) < 4.78 is 30.5. The minimum Gasteiger partial charge on any atom is -0.360 e. The molecule has 0 radical (unpaired) electrons. The zero-order valence-electron chi connectivity index (χ0n) is 5.86. The molecule has 1 nitrogen and oxygen atoms in total. The minimum absolute atomic E-state index is 0.00720. The summed E-state index contributed by atoms with van der Waals surface area (Å²) in [7, 11) is 0. The highest BCUT2D eigenvalue weighted by molar-refractivity contribution is 5.09. The van der Waals surface area contributed by atoms with Crippen LogP contribution in [0.4, 0.5) is 8.78 Å². The molecule has 2 fully saturated rings. The standard InChI is InChI=1S/C7H10F2O/c1-6-3-2-4-7(8,9)5(6)10-6/h5H,2-4H2,1H3. The van der Waals surface area contributed by atoms with Crippen molar-refractivity contribution in [2.24, 2.45) is 0 Å². The van der Waals surface area contributed by atoms with Gasteiger partial charge < -0.3 is 4.74 Å². The maximum Gasteiger partial charge on any atom is 0.276 e. The Kier molecular flexibility index (Phi) is 0.994. The molecule has 2 atom stereocenters. The van der Waals surface area contributed by atoms with Crippen molar-refractivity contribution in [3.8, 4) is 0 Å². The Morgan fingerprint density at radius 1 is 1.40 bits per heavy atom. The third-order valence-electron chi connectivity index (χ3n) is 2.45. The fourth-order valence-electron chi connectivity index (χ4n) is 1.76. The van der Waals surface area contributed by atoms with Crippen LogP contribution in [0.15, 0.2) is 0 Å². The normalized spacial score (nSPS) is 50.1. The van der Waals surface area contributed by atoms with Crippen molar-refractivity contribution in [2.45, 2.75) is 43.8 Å². The van der Waals surface area contributed by atoms with E-state index in [1.807, 2.05) is 0 Å². The Labute approximate surface area is 58.4 Å². The van der Waals surface area contributed by atoms with Crippen molar-refractivity contribution in [3.05, 3.63) is 0 Å². The predicted octanol–water partition coefficient (Wildman–Crippen LogP) is 1.96. The van der Waals surface area contributed by atoms with E-state index in [9.17, 15) is 8.78 Å². The van der Waals surface area contributed by atoms with Crippen molar-refractivity contribution < 1.29 is 13.5 Å². The van der Waals surface area contributed by atoms with Crippen LogP contribution in [0.1, 0.15) is 26.2 Å². The van der Waals surface area contributed by atoms with Gasteiger partial charge in [0.05, 0.1) is 5.60 Å². The highest BCUT2D eigenvalue weighted by atomic mass is 19.3. The molecule has 10 heavy (non-hydrogen) atoms. The summed E-state index contributed by atoms with van der Waals surface area (Å²) in [5.74, 6) is -2.55. The fraction of sp³-hybridized carbons (Fsp3) is 1.00. The SMILES string of the molecule is CC12CCCC(F)(F)C1O2. The molecule has 1 heterocycles. The summed E-state index contributed by atoms with van der Waals surface area (Å²) in [4.78, 5) is 0. The number of alkyl halides is 2. The first-order valence-electron chi connectivity index (χ1n) is 3.60. The third kappa shape index (κ3) is 0.698. The third-order valence-corrected chi connectivity index (χ3v) is 2.45. The first kappa shape index (κ1) is 6.53. The van der Waals surface area contributed by atoms with Gasteiger partial charge in [0.25, 0.3) is 5.92 Å². The van der Waals surface area contributed by atoms with Gasteiger partial charge in [0.2, 0.25) is 0 Å². The summed E-state index contributed by atoms with van der Waals surface area (Å²) in [5, 5.41) is 0. The molecule has 0 aromatic rings. The first-order chi connectivity index (χ1) is 4.55. The molecule has 0 N–H and O–H groups in total. The molecule has 1 saturated heterocycles. The van der Waals surface area contributed by atoms with Gasteiger partial charge in [0, 0.05) is 6.42 Å². The summed E-state index contributed by atoms with van der Waals surface area (Å²) in [6.45, 7) is 1.77. The lowest BCUT2D eigenvalue weighted by atomic mass is 9.88. The van der Waals surface area contributed by atoms with E-state index in [1.54, 1.807) is 6.92 Å². The van der Waals surface area contributed by atoms with Crippen LogP contribution < -0.4 is 0 Å². The molecule has 2 aliphatic rings. The molecule has 0 bridgehead atoms. The number of fused-ring (bicyclic) bond motifs is 1. The van der Waals surface area contributed by atoms with Crippen LogP contribution in [-0.4, -0.2) is 17.6 Å². The number of rotatable bonds is 0. The van der Waals surface area contributed by atoms with Crippen LogP contribution in [0.5, 0.6) is 0 Å². The second-order valence-electron chi connectivity index (χ2n) is 3.43. The van der Waals surface area contributed by atoms with Crippen LogP contribution in [0.25, 0.3) is 0 Å². The lowest BCUT2D eigenvalue weighted by Gasteiger charge is -2.20. The van der Waals surface area contributed by atoms with E-state index in [0.29, 0.717) is 6.42 Å². The lowest BCUT2D eigenvalue weighted by Crippen LogP contribution is -2.33. The number of ether oxygens (including phenoxy) is 1. The largest absolute Gasteiger partial charge is 0.360 e. The molecule has 58 valence electrons. The second kappa shape index (κ2) is 1.52. The van der Waals surface area contributed by atoms with Gasteiger partial charge in [-0.15, -0.1) is 0 Å². The highest BCUT2D eigenvalue weighted by Crippen LogP contribution is 2.54. The Morgan fingerprint density at radius 3 is 2.60 bits per heavy atom. The van der Waals surface area contributed by atoms with E-state index in [1.165, 1.54) is 0 Å². The van der Waals surface area contributed by atoms with Crippen molar-refractivity contribution in [1.82, 2.24) is 0 Å². The summed E-state index contributed by atoms with van der Waals surface area (Å²) in [6, 6.07) is 0. The average Bonchev–Trinajstić information content (AvgIpc) is 2.41. The second-order valence-corrected chi connectivity index (χ2v) is 3.43. The zero-order chi connectivity index (χ0) is 7.41. The number of hydrogen-bond acceptors (Lipinski definition) is 1. The summed E-state index contributed by atoms with van der Waals surface area (Å²) in [6.07, 6.45) is 0.634. The van der Waals surface area contributed by atoms with Gasteiger partial charge >= 0.3 is 0 Å². The highest BCUT2D eigenvalue weighted by Gasteiger charge is 2.66. The van der Waals surface area contributed by atoms with E-state index in [0.717, 1.165) is 6.42 Å². The Morgan fingerprint density at radius 2 is 2.10 bits per heavy atom. The van der Waals surface area contributed by atoms with E-state index in [4.69, 9.17) is 4.74 Å². The van der Waals surface area contributed by atoms with Crippen LogP contribution in [0.2, 0.25) is 0 Å². The molecule has 0 aromatic carbocycles. The van der Waals surface area contributed by atoms with Gasteiger partial charge in [-0.3, -0.25) is 0 Å². The lowest BCUT2D eigenvalue weighted by molar-refractivity contribution is -0.0402. The molecule has 1 aliphatic carbocycles. The van der Waals surface area contributed by atoms with Crippen LogP contribution in [0.3, 0.4) is 0 Å². The molecule has 0 spiro atoms. The Balaban J connectivity index is 2.16. The van der Waals surface area contributed by atoms with Crippen molar-refractivity contribution in [1.29, 1.82) is 0 Å². The fourth-order valence-corrected chi connectivity index (χ4v) is 1.76. The van der Waals surface area contributed by atoms with Gasteiger partial charge in [-0.05, 0) is 19.8 Å². The van der Waals surface area contributed by atoms with E-state index >= 15 is 0 Å². The molecule has 0 aromatic heterocycles. The molecule has 2 unspecified atom stereocenters. The molecular weight excluding hydrogens is 138 g/mol. The number of hydrogen-bond donors (Lipinski definition) is 0. The molecule has 0 amide bonds. The molecule has 1 saturated carbocycles. The maximum atomic E-state index is 12.8. The van der Waals surface area contributed by atoms with E-state index in [2.05, 4.69) is 0 Å². The van der Waals surface area contributed by atoms with Crippen LogP contribution >= 0.6 is 0 Å². The predicted molar refractivity (Wildman–Crippen MR) is 32.1 cm³/mol. The van der Waals surface area contributed by atoms with E-state index < -0.39 is 17.6 Å². The zero-order valence-corrected chi connectivity index (χ0v) is 5.86.